The van der Waals surface area contributed by atoms with E-state index in [1.165, 1.54) is 0 Å². The Kier molecular flexibility index (Phi) is 4.74. The fourth-order valence-electron chi connectivity index (χ4n) is 1.89. The van der Waals surface area contributed by atoms with E-state index in [1.807, 2.05) is 12.1 Å². The van der Waals surface area contributed by atoms with E-state index in [1.54, 1.807) is 25.3 Å². The van der Waals surface area contributed by atoms with Gasteiger partial charge in [-0.2, -0.15) is 0 Å². The van der Waals surface area contributed by atoms with E-state index < -0.39 is 18.0 Å². The van der Waals surface area contributed by atoms with E-state index in [0.717, 1.165) is 9.86 Å². The van der Waals surface area contributed by atoms with Gasteiger partial charge in [-0.15, -0.1) is 0 Å². The van der Waals surface area contributed by atoms with Crippen molar-refractivity contribution in [2.75, 3.05) is 5.32 Å². The number of nitrogens with one attached hydrogen (secondary N) is 2. The van der Waals surface area contributed by atoms with Gasteiger partial charge in [0.25, 0.3) is 0 Å². The zero-order chi connectivity index (χ0) is 15.4. The van der Waals surface area contributed by atoms with Gasteiger partial charge in [-0.05, 0) is 34.5 Å². The van der Waals surface area contributed by atoms with E-state index in [2.05, 4.69) is 31.5 Å². The van der Waals surface area contributed by atoms with Crippen molar-refractivity contribution in [2.24, 2.45) is 0 Å². The largest absolute Gasteiger partial charge is 0.480 e. The number of amides is 2. The molecule has 7 heteroatoms. The Morgan fingerprint density at radius 3 is 2.86 bits per heavy atom. The maximum Gasteiger partial charge on any atom is 0.326 e. The first-order valence-corrected chi connectivity index (χ1v) is 7.15. The number of benzene rings is 1. The summed E-state index contributed by atoms with van der Waals surface area (Å²) in [6, 6.07) is 5.79. The summed E-state index contributed by atoms with van der Waals surface area (Å²) in [5.74, 6) is -1.06. The Bertz CT molecular complexity index is 690. The lowest BCUT2D eigenvalue weighted by atomic mass is 10.2. The zero-order valence-electron chi connectivity index (χ0n) is 11.3. The standard InChI is InChI=1S/C14H14BrN3O3/c1-2-10(13(19)20)17-14(21)18-11-5-3-4-8-6-9(15)7-16-12(8)11/h3-7,10H,2H2,1H3,(H,19,20)(H2,17,18,21)/t10-/m1/s1. The van der Waals surface area contributed by atoms with Gasteiger partial charge >= 0.3 is 12.0 Å². The van der Waals surface area contributed by atoms with Crippen molar-refractivity contribution in [2.45, 2.75) is 19.4 Å². The minimum Gasteiger partial charge on any atom is -0.480 e. The summed E-state index contributed by atoms with van der Waals surface area (Å²) in [4.78, 5) is 27.0. The van der Waals surface area contributed by atoms with Gasteiger partial charge in [0.1, 0.15) is 6.04 Å². The molecule has 3 N–H and O–H groups in total. The maximum absolute atomic E-state index is 11.9. The summed E-state index contributed by atoms with van der Waals surface area (Å²) in [6.07, 6.45) is 1.95. The number of fused-ring (bicyclic) bond motifs is 1. The molecule has 0 spiro atoms. The first-order chi connectivity index (χ1) is 10.0. The number of urea groups is 1. The highest BCUT2D eigenvalue weighted by atomic mass is 79.9. The van der Waals surface area contributed by atoms with Crippen molar-refractivity contribution in [3.05, 3.63) is 34.9 Å². The molecule has 0 fully saturated rings. The summed E-state index contributed by atoms with van der Waals surface area (Å²) in [7, 11) is 0. The third-order valence-electron chi connectivity index (χ3n) is 2.94. The number of hydrogen-bond donors (Lipinski definition) is 3. The molecule has 0 saturated carbocycles. The monoisotopic (exact) mass is 351 g/mol. The van der Waals surface area contributed by atoms with Gasteiger partial charge < -0.3 is 15.7 Å². The zero-order valence-corrected chi connectivity index (χ0v) is 12.8. The predicted octanol–water partition coefficient (Wildman–Crippen LogP) is 2.98. The number of anilines is 1. The van der Waals surface area contributed by atoms with Crippen molar-refractivity contribution in [1.29, 1.82) is 0 Å². The van der Waals surface area contributed by atoms with Crippen LogP contribution in [0.5, 0.6) is 0 Å². The highest BCUT2D eigenvalue weighted by Crippen LogP contribution is 2.23. The van der Waals surface area contributed by atoms with E-state index in [9.17, 15) is 9.59 Å². The van der Waals surface area contributed by atoms with Gasteiger partial charge in [0.2, 0.25) is 0 Å². The van der Waals surface area contributed by atoms with E-state index in [-0.39, 0.29) is 0 Å². The van der Waals surface area contributed by atoms with Crippen LogP contribution in [0.25, 0.3) is 10.9 Å². The molecule has 2 rings (SSSR count). The number of hydrogen-bond acceptors (Lipinski definition) is 3. The average molecular weight is 352 g/mol. The summed E-state index contributed by atoms with van der Waals surface area (Å²) in [5.41, 5.74) is 1.16. The minimum atomic E-state index is -1.06. The molecule has 0 saturated heterocycles. The molecule has 21 heavy (non-hydrogen) atoms. The van der Waals surface area contributed by atoms with Crippen LogP contribution in [0.2, 0.25) is 0 Å². The van der Waals surface area contributed by atoms with Crippen LogP contribution in [0.4, 0.5) is 10.5 Å². The molecule has 0 aliphatic heterocycles. The highest BCUT2D eigenvalue weighted by Gasteiger charge is 2.17. The normalized spacial score (nSPS) is 11.9. The molecule has 0 bridgehead atoms. The molecule has 1 atom stereocenters. The third kappa shape index (κ3) is 3.69. The van der Waals surface area contributed by atoms with Crippen molar-refractivity contribution in [1.82, 2.24) is 10.3 Å². The van der Waals surface area contributed by atoms with Crippen molar-refractivity contribution >= 4 is 44.5 Å². The number of para-hydroxylation sites is 1. The maximum atomic E-state index is 11.9. The van der Waals surface area contributed by atoms with Crippen LogP contribution in [-0.2, 0) is 4.79 Å². The Labute approximate surface area is 129 Å². The number of nitrogens with zero attached hydrogens (tertiary/aromatic N) is 1. The molecule has 0 aliphatic rings. The SMILES string of the molecule is CC[C@@H](NC(=O)Nc1cccc2cc(Br)cnc12)C(=O)O. The van der Waals surface area contributed by atoms with E-state index >= 15 is 0 Å². The second-order valence-corrected chi connectivity index (χ2v) is 5.34. The molecule has 1 aromatic heterocycles. The molecule has 2 aromatic rings. The van der Waals surface area contributed by atoms with E-state index in [0.29, 0.717) is 17.6 Å². The summed E-state index contributed by atoms with van der Waals surface area (Å²) in [5, 5.41) is 14.8. The van der Waals surface area contributed by atoms with Crippen LogP contribution in [0.1, 0.15) is 13.3 Å². The molecular formula is C14H14BrN3O3. The quantitative estimate of drug-likeness (QED) is 0.789. The fraction of sp³-hybridized carbons (Fsp3) is 0.214. The first kappa shape index (κ1) is 15.2. The summed E-state index contributed by atoms with van der Waals surface area (Å²) >= 11 is 3.34. The molecule has 1 aromatic carbocycles. The van der Waals surface area contributed by atoms with Gasteiger partial charge in [-0.3, -0.25) is 4.98 Å². The molecule has 110 valence electrons. The Balaban J connectivity index is 2.20. The Morgan fingerprint density at radius 2 is 2.19 bits per heavy atom. The van der Waals surface area contributed by atoms with E-state index in [4.69, 9.17) is 5.11 Å². The number of carbonyl (C=O) groups excluding carboxylic acids is 1. The number of carbonyl (C=O) groups is 2. The summed E-state index contributed by atoms with van der Waals surface area (Å²) in [6.45, 7) is 1.69. The molecule has 6 nitrogen and oxygen atoms in total. The van der Waals surface area contributed by atoms with Crippen molar-refractivity contribution in [3.63, 3.8) is 0 Å². The lowest BCUT2D eigenvalue weighted by molar-refractivity contribution is -0.139. The van der Waals surface area contributed by atoms with Gasteiger partial charge in [-0.25, -0.2) is 9.59 Å². The number of aromatic nitrogens is 1. The molecule has 0 aliphatic carbocycles. The van der Waals surface area contributed by atoms with Crippen LogP contribution in [-0.4, -0.2) is 28.1 Å². The molecule has 0 unspecified atom stereocenters. The molecule has 0 radical (unpaired) electrons. The smallest absolute Gasteiger partial charge is 0.326 e. The predicted molar refractivity (Wildman–Crippen MR) is 83.3 cm³/mol. The van der Waals surface area contributed by atoms with Crippen molar-refractivity contribution < 1.29 is 14.7 Å². The number of carboxylic acids is 1. The lowest BCUT2D eigenvalue weighted by Crippen LogP contribution is -2.42. The highest BCUT2D eigenvalue weighted by molar-refractivity contribution is 9.10. The van der Waals surface area contributed by atoms with Crippen LogP contribution in [0.15, 0.2) is 34.9 Å². The number of aliphatic carboxylic acids is 1. The Morgan fingerprint density at radius 1 is 1.43 bits per heavy atom. The average Bonchev–Trinajstić information content (AvgIpc) is 2.44. The lowest BCUT2D eigenvalue weighted by Gasteiger charge is -2.14. The second-order valence-electron chi connectivity index (χ2n) is 4.43. The second kappa shape index (κ2) is 6.53. The van der Waals surface area contributed by atoms with Gasteiger partial charge in [0, 0.05) is 16.1 Å². The van der Waals surface area contributed by atoms with Crippen LogP contribution in [0, 0.1) is 0 Å². The number of carboxylic acid groups (broad SMARTS) is 1. The van der Waals surface area contributed by atoms with Crippen molar-refractivity contribution in [3.8, 4) is 0 Å². The van der Waals surface area contributed by atoms with Crippen LogP contribution < -0.4 is 10.6 Å². The van der Waals surface area contributed by atoms with Crippen LogP contribution >= 0.6 is 15.9 Å². The number of rotatable bonds is 4. The first-order valence-electron chi connectivity index (χ1n) is 6.36. The Hall–Kier alpha value is -2.15. The molecule has 2 amide bonds. The minimum absolute atomic E-state index is 0.309. The topological polar surface area (TPSA) is 91.3 Å². The summed E-state index contributed by atoms with van der Waals surface area (Å²) < 4.78 is 0.841. The third-order valence-corrected chi connectivity index (χ3v) is 3.37. The van der Waals surface area contributed by atoms with Gasteiger partial charge in [-0.1, -0.05) is 19.1 Å². The number of halogens is 1. The fourth-order valence-corrected chi connectivity index (χ4v) is 2.24. The van der Waals surface area contributed by atoms with Gasteiger partial charge in [0.05, 0.1) is 11.2 Å². The van der Waals surface area contributed by atoms with Crippen LogP contribution in [0.3, 0.4) is 0 Å². The molecule has 1 heterocycles. The number of pyridine rings is 1. The van der Waals surface area contributed by atoms with Gasteiger partial charge in [0.15, 0.2) is 0 Å². The molecular weight excluding hydrogens is 338 g/mol.